The first-order chi connectivity index (χ1) is 9.15. The fraction of sp³-hybridized carbons (Fsp3) is 0.750. The van der Waals surface area contributed by atoms with E-state index < -0.39 is 5.97 Å². The number of aliphatic carboxylic acids is 1. The van der Waals surface area contributed by atoms with Gasteiger partial charge in [-0.25, -0.2) is 0 Å². The average Bonchev–Trinajstić information content (AvgIpc) is 2.86. The van der Waals surface area contributed by atoms with Crippen LogP contribution in [0.15, 0.2) is 4.34 Å². The molecule has 1 heterocycles. The number of carbonyl (C=O) groups is 1. The van der Waals surface area contributed by atoms with Gasteiger partial charge in [-0.2, -0.15) is 0 Å². The van der Waals surface area contributed by atoms with E-state index in [1.807, 2.05) is 7.05 Å². The van der Waals surface area contributed by atoms with Crippen molar-refractivity contribution < 1.29 is 9.90 Å². The minimum absolute atomic E-state index is 0.0426. The van der Waals surface area contributed by atoms with Crippen molar-refractivity contribution in [2.75, 3.05) is 24.2 Å². The molecule has 0 spiro atoms. The van der Waals surface area contributed by atoms with Gasteiger partial charge in [0.1, 0.15) is 0 Å². The Labute approximate surface area is 121 Å². The van der Waals surface area contributed by atoms with Crippen molar-refractivity contribution in [3.8, 4) is 0 Å². The molecule has 2 rings (SSSR count). The topological polar surface area (TPSA) is 66.3 Å². The Hall–Kier alpha value is -0.820. The van der Waals surface area contributed by atoms with Crippen molar-refractivity contribution in [1.29, 1.82) is 0 Å². The summed E-state index contributed by atoms with van der Waals surface area (Å²) >= 11 is 2.71. The van der Waals surface area contributed by atoms with Gasteiger partial charge in [-0.05, 0) is 18.8 Å². The maximum atomic E-state index is 10.5. The third-order valence-corrected chi connectivity index (χ3v) is 5.45. The number of rotatable bonds is 6. The fourth-order valence-corrected chi connectivity index (χ4v) is 3.91. The van der Waals surface area contributed by atoms with Gasteiger partial charge in [0.2, 0.25) is 5.13 Å². The predicted octanol–water partition coefficient (Wildman–Crippen LogP) is 2.73. The van der Waals surface area contributed by atoms with Crippen LogP contribution < -0.4 is 4.90 Å². The second-order valence-electron chi connectivity index (χ2n) is 4.92. The van der Waals surface area contributed by atoms with E-state index in [-0.39, 0.29) is 5.75 Å². The molecule has 5 nitrogen and oxygen atoms in total. The molecule has 1 N–H and O–H groups in total. The van der Waals surface area contributed by atoms with Gasteiger partial charge in [-0.15, -0.1) is 10.2 Å². The highest BCUT2D eigenvalue weighted by atomic mass is 32.2. The summed E-state index contributed by atoms with van der Waals surface area (Å²) in [5.74, 6) is -0.0175. The summed E-state index contributed by atoms with van der Waals surface area (Å²) in [4.78, 5) is 12.7. The number of hydrogen-bond acceptors (Lipinski definition) is 6. The molecule has 1 fully saturated rings. The largest absolute Gasteiger partial charge is 0.481 e. The number of thioether (sulfide) groups is 1. The Morgan fingerprint density at radius 3 is 2.84 bits per heavy atom. The summed E-state index contributed by atoms with van der Waals surface area (Å²) < 4.78 is 0.730. The van der Waals surface area contributed by atoms with E-state index in [0.29, 0.717) is 0 Å². The molecule has 19 heavy (non-hydrogen) atoms. The first kappa shape index (κ1) is 14.6. The molecule has 0 aliphatic heterocycles. The maximum Gasteiger partial charge on any atom is 0.313 e. The van der Waals surface area contributed by atoms with Crippen molar-refractivity contribution in [3.63, 3.8) is 0 Å². The molecule has 1 aliphatic carbocycles. The van der Waals surface area contributed by atoms with E-state index in [1.165, 1.54) is 55.2 Å². The molecular formula is C12H19N3O2S2. The second-order valence-corrected chi connectivity index (χ2v) is 7.10. The fourth-order valence-electron chi connectivity index (χ4n) is 2.37. The lowest BCUT2D eigenvalue weighted by Crippen LogP contribution is -2.26. The van der Waals surface area contributed by atoms with Crippen LogP contribution in [0.25, 0.3) is 0 Å². The Morgan fingerprint density at radius 2 is 2.16 bits per heavy atom. The molecule has 106 valence electrons. The quantitative estimate of drug-likeness (QED) is 0.815. The molecule has 1 aromatic heterocycles. The van der Waals surface area contributed by atoms with Gasteiger partial charge in [0.15, 0.2) is 4.34 Å². The third-order valence-electron chi connectivity index (χ3n) is 3.30. The lowest BCUT2D eigenvalue weighted by atomic mass is 9.89. The lowest BCUT2D eigenvalue weighted by molar-refractivity contribution is -0.133. The standard InChI is InChI=1S/C12H19N3O2S2/c1-15(7-9-5-3-2-4-6-9)11-13-14-12(19-11)18-8-10(16)17/h9H,2-8H2,1H3,(H,16,17). The highest BCUT2D eigenvalue weighted by molar-refractivity contribution is 8.01. The average molecular weight is 301 g/mol. The second kappa shape index (κ2) is 7.09. The monoisotopic (exact) mass is 301 g/mol. The highest BCUT2D eigenvalue weighted by Gasteiger charge is 2.17. The summed E-state index contributed by atoms with van der Waals surface area (Å²) in [5, 5.41) is 17.7. The normalized spacial score (nSPS) is 16.5. The predicted molar refractivity (Wildman–Crippen MR) is 78.1 cm³/mol. The number of anilines is 1. The van der Waals surface area contributed by atoms with Gasteiger partial charge in [-0.1, -0.05) is 42.4 Å². The summed E-state index contributed by atoms with van der Waals surface area (Å²) in [5.41, 5.74) is 0. The number of carboxylic acid groups (broad SMARTS) is 1. The van der Waals surface area contributed by atoms with Crippen LogP contribution in [0, 0.1) is 5.92 Å². The Morgan fingerprint density at radius 1 is 1.42 bits per heavy atom. The zero-order valence-electron chi connectivity index (χ0n) is 11.0. The molecule has 1 saturated carbocycles. The molecular weight excluding hydrogens is 282 g/mol. The molecule has 0 aromatic carbocycles. The van der Waals surface area contributed by atoms with E-state index in [1.54, 1.807) is 0 Å². The molecule has 0 radical (unpaired) electrons. The number of nitrogens with zero attached hydrogens (tertiary/aromatic N) is 3. The Kier molecular flexibility index (Phi) is 5.45. The summed E-state index contributed by atoms with van der Waals surface area (Å²) in [6.07, 6.45) is 6.67. The maximum absolute atomic E-state index is 10.5. The minimum atomic E-state index is -0.822. The molecule has 0 amide bonds. The molecule has 7 heteroatoms. The minimum Gasteiger partial charge on any atom is -0.481 e. The number of carboxylic acids is 1. The lowest BCUT2D eigenvalue weighted by Gasteiger charge is -2.26. The van der Waals surface area contributed by atoms with E-state index in [9.17, 15) is 4.79 Å². The van der Waals surface area contributed by atoms with Crippen molar-refractivity contribution in [2.24, 2.45) is 5.92 Å². The van der Waals surface area contributed by atoms with Crippen LogP contribution in [-0.2, 0) is 4.79 Å². The highest BCUT2D eigenvalue weighted by Crippen LogP contribution is 2.30. The first-order valence-electron chi connectivity index (χ1n) is 6.54. The number of hydrogen-bond donors (Lipinski definition) is 1. The zero-order chi connectivity index (χ0) is 13.7. The van der Waals surface area contributed by atoms with Gasteiger partial charge in [0.25, 0.3) is 0 Å². The van der Waals surface area contributed by atoms with Crippen molar-refractivity contribution in [1.82, 2.24) is 10.2 Å². The van der Waals surface area contributed by atoms with Gasteiger partial charge in [0.05, 0.1) is 5.75 Å². The van der Waals surface area contributed by atoms with Crippen LogP contribution in [0.5, 0.6) is 0 Å². The first-order valence-corrected chi connectivity index (χ1v) is 8.34. The Bertz CT molecular complexity index is 419. The Balaban J connectivity index is 1.84. The van der Waals surface area contributed by atoms with Crippen LogP contribution in [0.2, 0.25) is 0 Å². The molecule has 0 saturated heterocycles. The van der Waals surface area contributed by atoms with E-state index >= 15 is 0 Å². The van der Waals surface area contributed by atoms with E-state index in [4.69, 9.17) is 5.11 Å². The molecule has 0 atom stereocenters. The molecule has 0 bridgehead atoms. The summed E-state index contributed by atoms with van der Waals surface area (Å²) in [6, 6.07) is 0. The van der Waals surface area contributed by atoms with Crippen LogP contribution in [0.1, 0.15) is 32.1 Å². The molecule has 0 unspecified atom stereocenters. The number of aromatic nitrogens is 2. The smallest absolute Gasteiger partial charge is 0.313 e. The van der Waals surface area contributed by atoms with Gasteiger partial charge in [-0.3, -0.25) is 4.79 Å². The van der Waals surface area contributed by atoms with Gasteiger partial charge >= 0.3 is 5.97 Å². The van der Waals surface area contributed by atoms with Crippen LogP contribution in [-0.4, -0.2) is 40.6 Å². The summed E-state index contributed by atoms with van der Waals surface area (Å²) in [7, 11) is 2.04. The van der Waals surface area contributed by atoms with Gasteiger partial charge < -0.3 is 10.0 Å². The van der Waals surface area contributed by atoms with E-state index in [0.717, 1.165) is 21.9 Å². The zero-order valence-corrected chi connectivity index (χ0v) is 12.7. The SMILES string of the molecule is CN(CC1CCCCC1)c1nnc(SCC(=O)O)s1. The van der Waals surface area contributed by atoms with Crippen LogP contribution in [0.3, 0.4) is 0 Å². The van der Waals surface area contributed by atoms with Crippen LogP contribution in [0.4, 0.5) is 5.13 Å². The van der Waals surface area contributed by atoms with Gasteiger partial charge in [0, 0.05) is 13.6 Å². The molecule has 1 aromatic rings. The van der Waals surface area contributed by atoms with Crippen molar-refractivity contribution >= 4 is 34.2 Å². The van der Waals surface area contributed by atoms with Crippen molar-refractivity contribution in [2.45, 2.75) is 36.4 Å². The third kappa shape index (κ3) is 4.65. The van der Waals surface area contributed by atoms with Crippen molar-refractivity contribution in [3.05, 3.63) is 0 Å². The molecule has 1 aliphatic rings. The summed E-state index contributed by atoms with van der Waals surface area (Å²) in [6.45, 7) is 1.03. The van der Waals surface area contributed by atoms with Crippen LogP contribution >= 0.6 is 23.1 Å². The van der Waals surface area contributed by atoms with E-state index in [2.05, 4.69) is 15.1 Å².